The maximum Gasteiger partial charge on any atom is 0.262 e. The predicted octanol–water partition coefficient (Wildman–Crippen LogP) is 3.73. The summed E-state index contributed by atoms with van der Waals surface area (Å²) in [4.78, 5) is 35.1. The Balaban J connectivity index is 1.75. The Bertz CT molecular complexity index is 1240. The average molecular weight is 399 g/mol. The van der Waals surface area contributed by atoms with E-state index in [0.717, 1.165) is 6.42 Å². The Labute approximate surface area is 163 Å². The molecule has 0 fully saturated rings. The molecule has 0 N–H and O–H groups in total. The van der Waals surface area contributed by atoms with Crippen molar-refractivity contribution in [3.63, 3.8) is 0 Å². The average Bonchev–Trinajstić information content (AvgIpc) is 3.15. The van der Waals surface area contributed by atoms with Gasteiger partial charge >= 0.3 is 0 Å². The van der Waals surface area contributed by atoms with Crippen molar-refractivity contribution >= 4 is 39.0 Å². The van der Waals surface area contributed by atoms with Crippen LogP contribution in [0.15, 0.2) is 56.7 Å². The van der Waals surface area contributed by atoms with Gasteiger partial charge in [-0.15, -0.1) is 11.3 Å². The molecular weight excluding hydrogens is 380 g/mol. The van der Waals surface area contributed by atoms with Crippen LogP contribution in [0, 0.1) is 0 Å². The zero-order valence-corrected chi connectivity index (χ0v) is 16.6. The molecule has 6 nitrogen and oxygen atoms in total. The second-order valence-electron chi connectivity index (χ2n) is 6.27. The van der Waals surface area contributed by atoms with Gasteiger partial charge in [0.05, 0.1) is 16.6 Å². The van der Waals surface area contributed by atoms with E-state index in [1.54, 1.807) is 16.8 Å². The molecule has 4 aromatic rings. The molecule has 138 valence electrons. The molecule has 0 aliphatic carbocycles. The van der Waals surface area contributed by atoms with Gasteiger partial charge in [0, 0.05) is 29.4 Å². The number of thioether (sulfide) groups is 1. The van der Waals surface area contributed by atoms with Gasteiger partial charge in [-0.1, -0.05) is 30.8 Å². The van der Waals surface area contributed by atoms with Crippen molar-refractivity contribution in [2.24, 2.45) is 0 Å². The van der Waals surface area contributed by atoms with Gasteiger partial charge in [0.2, 0.25) is 0 Å². The van der Waals surface area contributed by atoms with Gasteiger partial charge in [0.25, 0.3) is 11.1 Å². The summed E-state index contributed by atoms with van der Waals surface area (Å²) in [5.41, 5.74) is 1.25. The minimum Gasteiger partial charge on any atom is -0.284 e. The monoisotopic (exact) mass is 398 g/mol. The Kier molecular flexibility index (Phi) is 4.84. The van der Waals surface area contributed by atoms with E-state index in [0.29, 0.717) is 32.5 Å². The largest absolute Gasteiger partial charge is 0.284 e. The number of thiazole rings is 1. The highest BCUT2D eigenvalue weighted by atomic mass is 32.2. The third kappa shape index (κ3) is 3.30. The third-order valence-corrected chi connectivity index (χ3v) is 6.26. The van der Waals surface area contributed by atoms with Crippen LogP contribution in [0.4, 0.5) is 0 Å². The first-order valence-electron chi connectivity index (χ1n) is 8.68. The van der Waals surface area contributed by atoms with Crippen molar-refractivity contribution in [1.82, 2.24) is 18.9 Å². The molecule has 0 unspecified atom stereocenters. The highest BCUT2D eigenvalue weighted by molar-refractivity contribution is 7.98. The number of rotatable bonds is 5. The van der Waals surface area contributed by atoms with E-state index in [1.165, 1.54) is 27.5 Å². The lowest BCUT2D eigenvalue weighted by Gasteiger charge is -2.18. The quantitative estimate of drug-likeness (QED) is 0.378. The number of hydrogen-bond donors (Lipinski definition) is 0. The third-order valence-electron chi connectivity index (χ3n) is 4.51. The standard InChI is InChI=1S/C19H18N4O2S2/c1-3-12(2)23-17(25)14-6-4-5-7-15(14)21-19(23)27-11-13-10-16(24)22-8-9-26-18(22)20-13/h4-10,12H,3,11H2,1-2H3/t12-/m0/s1. The molecule has 0 bridgehead atoms. The Morgan fingerprint density at radius 2 is 2.04 bits per heavy atom. The van der Waals surface area contributed by atoms with Gasteiger partial charge in [-0.2, -0.15) is 0 Å². The summed E-state index contributed by atoms with van der Waals surface area (Å²) < 4.78 is 3.28. The normalized spacial score (nSPS) is 12.7. The van der Waals surface area contributed by atoms with Crippen LogP contribution in [-0.4, -0.2) is 18.9 Å². The Morgan fingerprint density at radius 1 is 1.22 bits per heavy atom. The van der Waals surface area contributed by atoms with E-state index in [4.69, 9.17) is 4.98 Å². The minimum atomic E-state index is -0.0948. The number of nitrogens with zero attached hydrogens (tertiary/aromatic N) is 4. The zero-order chi connectivity index (χ0) is 19.0. The SMILES string of the molecule is CC[C@H](C)n1c(SCc2cc(=O)n3ccsc3n2)nc2ccccc2c1=O. The van der Waals surface area contributed by atoms with E-state index < -0.39 is 0 Å². The molecule has 27 heavy (non-hydrogen) atoms. The number of benzene rings is 1. The van der Waals surface area contributed by atoms with Crippen LogP contribution in [0.5, 0.6) is 0 Å². The zero-order valence-electron chi connectivity index (χ0n) is 15.0. The number of hydrogen-bond acceptors (Lipinski definition) is 6. The fourth-order valence-corrected chi connectivity index (χ4v) is 4.63. The van der Waals surface area contributed by atoms with E-state index in [2.05, 4.69) is 4.98 Å². The summed E-state index contributed by atoms with van der Waals surface area (Å²) in [5.74, 6) is 0.477. The first-order chi connectivity index (χ1) is 13.1. The molecule has 0 amide bonds. The second-order valence-corrected chi connectivity index (χ2v) is 8.09. The van der Waals surface area contributed by atoms with Gasteiger partial charge in [-0.3, -0.25) is 18.6 Å². The molecule has 3 heterocycles. The first kappa shape index (κ1) is 17.9. The fraction of sp³-hybridized carbons (Fsp3) is 0.263. The summed E-state index contributed by atoms with van der Waals surface area (Å²) in [7, 11) is 0. The maximum atomic E-state index is 13.0. The topological polar surface area (TPSA) is 69.3 Å². The van der Waals surface area contributed by atoms with Crippen molar-refractivity contribution in [1.29, 1.82) is 0 Å². The summed E-state index contributed by atoms with van der Waals surface area (Å²) in [6.45, 7) is 4.07. The molecule has 0 radical (unpaired) electrons. The van der Waals surface area contributed by atoms with Crippen LogP contribution in [0.25, 0.3) is 15.9 Å². The van der Waals surface area contributed by atoms with Crippen molar-refractivity contribution in [2.75, 3.05) is 0 Å². The van der Waals surface area contributed by atoms with Crippen LogP contribution < -0.4 is 11.1 Å². The highest BCUT2D eigenvalue weighted by Gasteiger charge is 2.16. The molecule has 3 aromatic heterocycles. The van der Waals surface area contributed by atoms with E-state index in [1.807, 2.05) is 43.5 Å². The molecule has 0 saturated heterocycles. The summed E-state index contributed by atoms with van der Waals surface area (Å²) >= 11 is 2.86. The van der Waals surface area contributed by atoms with Gasteiger partial charge in [0.15, 0.2) is 10.1 Å². The Hall–Kier alpha value is -2.45. The minimum absolute atomic E-state index is 0.0285. The molecule has 0 aliphatic rings. The molecule has 8 heteroatoms. The van der Waals surface area contributed by atoms with Crippen LogP contribution in [0.3, 0.4) is 0 Å². The fourth-order valence-electron chi connectivity index (χ4n) is 2.90. The van der Waals surface area contributed by atoms with Gasteiger partial charge in [-0.05, 0) is 25.5 Å². The molecule has 1 aromatic carbocycles. The lowest BCUT2D eigenvalue weighted by Crippen LogP contribution is -2.26. The Morgan fingerprint density at radius 3 is 2.85 bits per heavy atom. The lowest BCUT2D eigenvalue weighted by molar-refractivity contribution is 0.468. The van der Waals surface area contributed by atoms with Gasteiger partial charge in [-0.25, -0.2) is 9.97 Å². The summed E-state index contributed by atoms with van der Waals surface area (Å²) in [6.07, 6.45) is 2.55. The summed E-state index contributed by atoms with van der Waals surface area (Å²) in [5, 5.41) is 3.12. The number of aromatic nitrogens is 4. The van der Waals surface area contributed by atoms with E-state index in [-0.39, 0.29) is 17.2 Å². The predicted molar refractivity (Wildman–Crippen MR) is 110 cm³/mol. The van der Waals surface area contributed by atoms with Crippen molar-refractivity contribution in [2.45, 2.75) is 37.2 Å². The van der Waals surface area contributed by atoms with Crippen LogP contribution in [-0.2, 0) is 5.75 Å². The van der Waals surface area contributed by atoms with Crippen molar-refractivity contribution < 1.29 is 0 Å². The maximum absolute atomic E-state index is 13.0. The smallest absolute Gasteiger partial charge is 0.262 e. The van der Waals surface area contributed by atoms with Gasteiger partial charge < -0.3 is 0 Å². The van der Waals surface area contributed by atoms with Crippen LogP contribution in [0.2, 0.25) is 0 Å². The second kappa shape index (κ2) is 7.28. The van der Waals surface area contributed by atoms with Gasteiger partial charge in [0.1, 0.15) is 0 Å². The first-order valence-corrected chi connectivity index (χ1v) is 10.5. The van der Waals surface area contributed by atoms with E-state index in [9.17, 15) is 9.59 Å². The highest BCUT2D eigenvalue weighted by Crippen LogP contribution is 2.25. The summed E-state index contributed by atoms with van der Waals surface area (Å²) in [6, 6.07) is 8.97. The number of para-hydroxylation sites is 1. The van der Waals surface area contributed by atoms with E-state index >= 15 is 0 Å². The lowest BCUT2D eigenvalue weighted by atomic mass is 10.2. The van der Waals surface area contributed by atoms with Crippen molar-refractivity contribution in [3.8, 4) is 0 Å². The number of fused-ring (bicyclic) bond motifs is 2. The van der Waals surface area contributed by atoms with Crippen molar-refractivity contribution in [3.05, 3.63) is 68.3 Å². The molecule has 0 aliphatic heterocycles. The van der Waals surface area contributed by atoms with Crippen LogP contribution in [0.1, 0.15) is 32.0 Å². The molecule has 4 rings (SSSR count). The molecule has 0 spiro atoms. The molecule has 0 saturated carbocycles. The molecular formula is C19H18N4O2S2. The van der Waals surface area contributed by atoms with Crippen LogP contribution >= 0.6 is 23.1 Å². The molecule has 1 atom stereocenters.